The number of para-hydroxylation sites is 6. The molecule has 5 aromatic heterocycles. The molecule has 0 unspecified atom stereocenters. The van der Waals surface area contributed by atoms with Gasteiger partial charge in [-0.3, -0.25) is 0 Å². The van der Waals surface area contributed by atoms with Crippen molar-refractivity contribution >= 4 is 104 Å². The van der Waals surface area contributed by atoms with Gasteiger partial charge in [0.1, 0.15) is 0 Å². The molecule has 16 rings (SSSR count). The minimum atomic E-state index is 1.14. The standard InChI is InChI=1S/C66H40N4/c1-2-13-45(14-3-1)68-58-21-8-4-15-48(58)52-33-27-44(39-64(52)68)41-25-30-46(31-26-41)67-59-22-9-6-17-50(59)56-37-42(28-35-62(56)67)43-29-36-63-57(38-43)51-18-7-10-23-60(51)69(63)47-32-34-53-55-20-12-19-54-49-16-5-11-24-61(49)70(66(54)55)65(53)40-47/h1-40H. The number of hydrogen-bond donors (Lipinski definition) is 0. The predicted molar refractivity (Wildman–Crippen MR) is 295 cm³/mol. The molecule has 11 aromatic carbocycles. The summed E-state index contributed by atoms with van der Waals surface area (Å²) in [5, 5.41) is 12.7. The number of nitrogens with zero attached hydrogens (tertiary/aromatic N) is 4. The van der Waals surface area contributed by atoms with Gasteiger partial charge in [-0.2, -0.15) is 0 Å². The lowest BCUT2D eigenvalue weighted by molar-refractivity contribution is 1.18. The summed E-state index contributed by atoms with van der Waals surface area (Å²) in [6.07, 6.45) is 0. The second kappa shape index (κ2) is 14.1. The Morgan fingerprint density at radius 2 is 0.571 bits per heavy atom. The van der Waals surface area contributed by atoms with Gasteiger partial charge in [0, 0.05) is 70.9 Å². The van der Waals surface area contributed by atoms with Crippen molar-refractivity contribution in [2.75, 3.05) is 0 Å². The average molecular weight is 889 g/mol. The highest BCUT2D eigenvalue weighted by Crippen LogP contribution is 2.43. The summed E-state index contributed by atoms with van der Waals surface area (Å²) >= 11 is 0. The second-order valence-corrected chi connectivity index (χ2v) is 18.9. The summed E-state index contributed by atoms with van der Waals surface area (Å²) in [5.41, 5.74) is 19.2. The third kappa shape index (κ3) is 5.14. The summed E-state index contributed by atoms with van der Waals surface area (Å²) in [4.78, 5) is 0. The predicted octanol–water partition coefficient (Wildman–Crippen LogP) is 17.5. The van der Waals surface area contributed by atoms with E-state index < -0.39 is 0 Å². The minimum Gasteiger partial charge on any atom is -0.309 e. The van der Waals surface area contributed by atoms with Crippen LogP contribution in [0.1, 0.15) is 0 Å². The zero-order valence-corrected chi connectivity index (χ0v) is 37.9. The maximum absolute atomic E-state index is 2.47. The first kappa shape index (κ1) is 37.7. The molecule has 0 spiro atoms. The van der Waals surface area contributed by atoms with E-state index in [-0.39, 0.29) is 0 Å². The Morgan fingerprint density at radius 1 is 0.186 bits per heavy atom. The normalized spacial score (nSPS) is 12.3. The van der Waals surface area contributed by atoms with Gasteiger partial charge in [0.2, 0.25) is 0 Å². The fourth-order valence-electron chi connectivity index (χ4n) is 12.2. The molecule has 0 saturated heterocycles. The van der Waals surface area contributed by atoms with Crippen LogP contribution in [0, 0.1) is 0 Å². The van der Waals surface area contributed by atoms with E-state index in [4.69, 9.17) is 0 Å². The molecule has 16 aromatic rings. The van der Waals surface area contributed by atoms with Gasteiger partial charge in [-0.25, -0.2) is 0 Å². The van der Waals surface area contributed by atoms with Crippen LogP contribution < -0.4 is 0 Å². The van der Waals surface area contributed by atoms with Crippen molar-refractivity contribution in [3.8, 4) is 39.3 Å². The van der Waals surface area contributed by atoms with Gasteiger partial charge < -0.3 is 18.1 Å². The molecule has 4 nitrogen and oxygen atoms in total. The van der Waals surface area contributed by atoms with E-state index in [9.17, 15) is 0 Å². The van der Waals surface area contributed by atoms with Crippen LogP contribution in [0.5, 0.6) is 0 Å². The van der Waals surface area contributed by atoms with Gasteiger partial charge in [0.05, 0.1) is 49.7 Å². The van der Waals surface area contributed by atoms with Crippen molar-refractivity contribution in [2.45, 2.75) is 0 Å². The first-order valence-corrected chi connectivity index (χ1v) is 24.2. The topological polar surface area (TPSA) is 19.2 Å². The highest BCUT2D eigenvalue weighted by Gasteiger charge is 2.21. The molecular formula is C66H40N4. The van der Waals surface area contributed by atoms with E-state index in [0.29, 0.717) is 0 Å². The van der Waals surface area contributed by atoms with Crippen molar-refractivity contribution in [2.24, 2.45) is 0 Å². The first-order valence-electron chi connectivity index (χ1n) is 24.2. The van der Waals surface area contributed by atoms with Gasteiger partial charge in [-0.05, 0) is 113 Å². The summed E-state index contributed by atoms with van der Waals surface area (Å²) in [7, 11) is 0. The summed E-state index contributed by atoms with van der Waals surface area (Å²) in [6, 6.07) is 89.7. The van der Waals surface area contributed by atoms with Crippen LogP contribution in [0.4, 0.5) is 0 Å². The number of hydrogen-bond acceptors (Lipinski definition) is 0. The Hall–Kier alpha value is -9.38. The van der Waals surface area contributed by atoms with Gasteiger partial charge in [-0.1, -0.05) is 152 Å². The largest absolute Gasteiger partial charge is 0.309 e. The quantitative estimate of drug-likeness (QED) is 0.164. The molecular weight excluding hydrogens is 849 g/mol. The zero-order chi connectivity index (χ0) is 45.6. The Bertz CT molecular complexity index is 4810. The van der Waals surface area contributed by atoms with Crippen molar-refractivity contribution in [1.29, 1.82) is 0 Å². The molecule has 0 saturated carbocycles. The van der Waals surface area contributed by atoms with E-state index in [0.717, 1.165) is 11.4 Å². The minimum absolute atomic E-state index is 1.14. The van der Waals surface area contributed by atoms with E-state index in [1.54, 1.807) is 0 Å². The van der Waals surface area contributed by atoms with Crippen LogP contribution in [0.2, 0.25) is 0 Å². The molecule has 0 aliphatic rings. The smallest absolute Gasteiger partial charge is 0.0620 e. The monoisotopic (exact) mass is 888 g/mol. The van der Waals surface area contributed by atoms with E-state index >= 15 is 0 Å². The Morgan fingerprint density at radius 3 is 1.20 bits per heavy atom. The van der Waals surface area contributed by atoms with E-state index in [1.165, 1.54) is 131 Å². The molecule has 0 aliphatic heterocycles. The summed E-state index contributed by atoms with van der Waals surface area (Å²) in [6.45, 7) is 0. The van der Waals surface area contributed by atoms with Gasteiger partial charge in [0.25, 0.3) is 0 Å². The molecule has 0 bridgehead atoms. The maximum Gasteiger partial charge on any atom is 0.0620 e. The van der Waals surface area contributed by atoms with Crippen LogP contribution in [0.25, 0.3) is 143 Å². The molecule has 0 N–H and O–H groups in total. The number of aromatic nitrogens is 4. The molecule has 4 heteroatoms. The van der Waals surface area contributed by atoms with E-state index in [1.807, 2.05) is 0 Å². The third-order valence-corrected chi connectivity index (χ3v) is 15.3. The summed E-state index contributed by atoms with van der Waals surface area (Å²) in [5.74, 6) is 0. The lowest BCUT2D eigenvalue weighted by Crippen LogP contribution is -1.94. The Balaban J connectivity index is 0.798. The Labute approximate surface area is 401 Å². The van der Waals surface area contributed by atoms with E-state index in [2.05, 4.69) is 261 Å². The molecule has 70 heavy (non-hydrogen) atoms. The Kier molecular flexibility index (Phi) is 7.58. The van der Waals surface area contributed by atoms with Crippen molar-refractivity contribution in [1.82, 2.24) is 18.1 Å². The van der Waals surface area contributed by atoms with Crippen molar-refractivity contribution in [3.63, 3.8) is 0 Å². The zero-order valence-electron chi connectivity index (χ0n) is 37.9. The fourth-order valence-corrected chi connectivity index (χ4v) is 12.2. The molecule has 0 atom stereocenters. The maximum atomic E-state index is 2.47. The van der Waals surface area contributed by atoms with Gasteiger partial charge in [-0.15, -0.1) is 0 Å². The van der Waals surface area contributed by atoms with Crippen molar-refractivity contribution < 1.29 is 0 Å². The van der Waals surface area contributed by atoms with Gasteiger partial charge >= 0.3 is 0 Å². The molecule has 0 radical (unpaired) electrons. The number of rotatable bonds is 5. The molecule has 0 fully saturated rings. The van der Waals surface area contributed by atoms with Gasteiger partial charge in [0.15, 0.2) is 0 Å². The molecule has 0 aliphatic carbocycles. The van der Waals surface area contributed by atoms with Crippen molar-refractivity contribution in [3.05, 3.63) is 243 Å². The fraction of sp³-hybridized carbons (Fsp3) is 0. The average Bonchev–Trinajstić information content (AvgIpc) is 4.22. The highest BCUT2D eigenvalue weighted by molar-refractivity contribution is 6.23. The SMILES string of the molecule is c1ccc(-n2c3ccccc3c3ccc(-c4ccc(-n5c6ccccc6c6cc(-c7ccc8c(c7)c7ccccc7n8-c7ccc8c9cccc%10c%11ccccc%11n(c8c7)c%109)ccc65)cc4)cc32)cc1. The van der Waals surface area contributed by atoms with Crippen LogP contribution >= 0.6 is 0 Å². The molecule has 0 amide bonds. The number of benzene rings is 11. The van der Waals surface area contributed by atoms with Crippen LogP contribution in [0.15, 0.2) is 243 Å². The molecule has 324 valence electrons. The third-order valence-electron chi connectivity index (χ3n) is 15.3. The lowest BCUT2D eigenvalue weighted by Gasteiger charge is -2.11. The molecule has 5 heterocycles. The van der Waals surface area contributed by atoms with Crippen LogP contribution in [-0.2, 0) is 0 Å². The van der Waals surface area contributed by atoms with Crippen LogP contribution in [0.3, 0.4) is 0 Å². The first-order chi connectivity index (χ1) is 34.7. The highest BCUT2D eigenvalue weighted by atomic mass is 15.0. The second-order valence-electron chi connectivity index (χ2n) is 18.9. The summed E-state index contributed by atoms with van der Waals surface area (Å²) < 4.78 is 9.73. The lowest BCUT2D eigenvalue weighted by atomic mass is 10.0. The van der Waals surface area contributed by atoms with Crippen LogP contribution in [-0.4, -0.2) is 18.1 Å². The number of fused-ring (bicyclic) bond motifs is 15.